The summed E-state index contributed by atoms with van der Waals surface area (Å²) < 4.78 is 0. The van der Waals surface area contributed by atoms with Crippen LogP contribution in [0.2, 0.25) is 0 Å². The molecule has 2 nitrogen and oxygen atoms in total. The molecule has 1 unspecified atom stereocenters. The van der Waals surface area contributed by atoms with Gasteiger partial charge in [0.1, 0.15) is 0 Å². The summed E-state index contributed by atoms with van der Waals surface area (Å²) in [5.41, 5.74) is 0. The first-order valence-electron chi connectivity index (χ1n) is 6.29. The van der Waals surface area contributed by atoms with E-state index in [0.29, 0.717) is 0 Å². The molecular formula is C12H26N2. The van der Waals surface area contributed by atoms with Crippen LogP contribution in [-0.4, -0.2) is 37.6 Å². The molecule has 1 aliphatic heterocycles. The molecule has 1 heterocycles. The largest absolute Gasteiger partial charge is 0.316 e. The highest BCUT2D eigenvalue weighted by Gasteiger charge is 2.15. The molecule has 1 atom stereocenters. The zero-order valence-corrected chi connectivity index (χ0v) is 9.89. The molecule has 0 aliphatic carbocycles. The molecule has 1 N–H and O–H groups in total. The number of hydrogen-bond acceptors (Lipinski definition) is 2. The lowest BCUT2D eigenvalue weighted by molar-refractivity contribution is 0.255. The summed E-state index contributed by atoms with van der Waals surface area (Å²) in [6, 6.07) is 0. The van der Waals surface area contributed by atoms with E-state index in [-0.39, 0.29) is 0 Å². The van der Waals surface area contributed by atoms with Crippen molar-refractivity contribution >= 4 is 0 Å². The molecule has 14 heavy (non-hydrogen) atoms. The van der Waals surface area contributed by atoms with Gasteiger partial charge in [-0.25, -0.2) is 0 Å². The second kappa shape index (κ2) is 7.24. The van der Waals surface area contributed by atoms with Crippen molar-refractivity contribution in [3.05, 3.63) is 0 Å². The fourth-order valence-electron chi connectivity index (χ4n) is 2.29. The predicted octanol–water partition coefficient (Wildman–Crippen LogP) is 2.11. The van der Waals surface area contributed by atoms with Gasteiger partial charge in [0.2, 0.25) is 0 Å². The second-order valence-electron chi connectivity index (χ2n) is 4.49. The zero-order valence-electron chi connectivity index (χ0n) is 9.89. The summed E-state index contributed by atoms with van der Waals surface area (Å²) in [6.45, 7) is 10.9. The van der Waals surface area contributed by atoms with Crippen molar-refractivity contribution in [3.8, 4) is 0 Å². The van der Waals surface area contributed by atoms with Crippen LogP contribution in [0.3, 0.4) is 0 Å². The van der Waals surface area contributed by atoms with Crippen molar-refractivity contribution < 1.29 is 0 Å². The molecule has 0 aromatic carbocycles. The lowest BCUT2D eigenvalue weighted by Crippen LogP contribution is -2.28. The molecular weight excluding hydrogens is 172 g/mol. The van der Waals surface area contributed by atoms with Gasteiger partial charge in [0.25, 0.3) is 0 Å². The topological polar surface area (TPSA) is 15.3 Å². The van der Waals surface area contributed by atoms with Crippen molar-refractivity contribution in [1.82, 2.24) is 10.2 Å². The summed E-state index contributed by atoms with van der Waals surface area (Å²) in [4.78, 5) is 2.62. The summed E-state index contributed by atoms with van der Waals surface area (Å²) in [6.07, 6.45) is 5.38. The van der Waals surface area contributed by atoms with Gasteiger partial charge in [-0.3, -0.25) is 0 Å². The molecule has 0 aromatic heterocycles. The number of nitrogens with one attached hydrogen (secondary N) is 1. The average Bonchev–Trinajstić information content (AvgIpc) is 2.67. The van der Waals surface area contributed by atoms with E-state index in [1.807, 2.05) is 0 Å². The minimum atomic E-state index is 0.950. The Morgan fingerprint density at radius 1 is 1.14 bits per heavy atom. The third kappa shape index (κ3) is 4.43. The van der Waals surface area contributed by atoms with Crippen molar-refractivity contribution in [2.75, 3.05) is 32.7 Å². The minimum absolute atomic E-state index is 0.950. The van der Waals surface area contributed by atoms with Gasteiger partial charge in [-0.15, -0.1) is 0 Å². The quantitative estimate of drug-likeness (QED) is 0.674. The lowest BCUT2D eigenvalue weighted by atomic mass is 10.0. The van der Waals surface area contributed by atoms with Crippen LogP contribution in [0.5, 0.6) is 0 Å². The summed E-state index contributed by atoms with van der Waals surface area (Å²) in [5, 5.41) is 3.44. The molecule has 1 rings (SSSR count). The summed E-state index contributed by atoms with van der Waals surface area (Å²) >= 11 is 0. The van der Waals surface area contributed by atoms with Gasteiger partial charge in [-0.2, -0.15) is 0 Å². The predicted molar refractivity (Wildman–Crippen MR) is 62.6 cm³/mol. The van der Waals surface area contributed by atoms with Crippen molar-refractivity contribution in [3.63, 3.8) is 0 Å². The molecule has 1 fully saturated rings. The van der Waals surface area contributed by atoms with Crippen LogP contribution in [0.4, 0.5) is 0 Å². The Balaban J connectivity index is 2.10. The standard InChI is InChI=1S/C12H26N2/c1-3-8-14(9-4-2)10-6-12-5-7-13-11-12/h12-13H,3-11H2,1-2H3. The van der Waals surface area contributed by atoms with Crippen LogP contribution in [0.15, 0.2) is 0 Å². The van der Waals surface area contributed by atoms with Gasteiger partial charge >= 0.3 is 0 Å². The Morgan fingerprint density at radius 2 is 1.86 bits per heavy atom. The van der Waals surface area contributed by atoms with Crippen LogP contribution >= 0.6 is 0 Å². The van der Waals surface area contributed by atoms with Crippen LogP contribution in [-0.2, 0) is 0 Å². The molecule has 0 radical (unpaired) electrons. The van der Waals surface area contributed by atoms with E-state index in [2.05, 4.69) is 24.1 Å². The highest BCUT2D eigenvalue weighted by Crippen LogP contribution is 2.12. The Bertz CT molecular complexity index is 124. The number of hydrogen-bond donors (Lipinski definition) is 1. The first kappa shape index (κ1) is 12.0. The van der Waals surface area contributed by atoms with E-state index in [0.717, 1.165) is 5.92 Å². The minimum Gasteiger partial charge on any atom is -0.316 e. The van der Waals surface area contributed by atoms with E-state index in [9.17, 15) is 0 Å². The normalized spacial score (nSPS) is 22.1. The average molecular weight is 198 g/mol. The maximum atomic E-state index is 3.44. The van der Waals surface area contributed by atoms with Gasteiger partial charge in [0, 0.05) is 0 Å². The van der Waals surface area contributed by atoms with Crippen molar-refractivity contribution in [2.24, 2.45) is 5.92 Å². The fourth-order valence-corrected chi connectivity index (χ4v) is 2.29. The smallest absolute Gasteiger partial charge is 0.00156 e. The fraction of sp³-hybridized carbons (Fsp3) is 1.00. The number of nitrogens with zero attached hydrogens (tertiary/aromatic N) is 1. The van der Waals surface area contributed by atoms with Gasteiger partial charge in [0.05, 0.1) is 0 Å². The van der Waals surface area contributed by atoms with Crippen LogP contribution in [0.25, 0.3) is 0 Å². The SMILES string of the molecule is CCCN(CCC)CCC1CCNC1. The molecule has 0 aromatic rings. The monoisotopic (exact) mass is 198 g/mol. The highest BCUT2D eigenvalue weighted by atomic mass is 15.1. The molecule has 2 heteroatoms. The Morgan fingerprint density at radius 3 is 2.36 bits per heavy atom. The van der Waals surface area contributed by atoms with Crippen LogP contribution < -0.4 is 5.32 Å². The third-order valence-electron chi connectivity index (χ3n) is 3.10. The summed E-state index contributed by atoms with van der Waals surface area (Å²) in [7, 11) is 0. The van der Waals surface area contributed by atoms with Gasteiger partial charge in [-0.1, -0.05) is 13.8 Å². The first-order chi connectivity index (χ1) is 6.86. The molecule has 0 spiro atoms. The van der Waals surface area contributed by atoms with E-state index in [1.54, 1.807) is 0 Å². The van der Waals surface area contributed by atoms with Crippen molar-refractivity contribution in [2.45, 2.75) is 39.5 Å². The first-order valence-corrected chi connectivity index (χ1v) is 6.29. The van der Waals surface area contributed by atoms with E-state index < -0.39 is 0 Å². The molecule has 1 aliphatic rings. The molecule has 1 saturated heterocycles. The van der Waals surface area contributed by atoms with Gasteiger partial charge < -0.3 is 10.2 Å². The summed E-state index contributed by atoms with van der Waals surface area (Å²) in [5.74, 6) is 0.950. The maximum Gasteiger partial charge on any atom is -0.00156 e. The number of rotatable bonds is 7. The Hall–Kier alpha value is -0.0800. The van der Waals surface area contributed by atoms with E-state index in [1.165, 1.54) is 58.4 Å². The van der Waals surface area contributed by atoms with Gasteiger partial charge in [-0.05, 0) is 64.3 Å². The van der Waals surface area contributed by atoms with E-state index in [4.69, 9.17) is 0 Å². The van der Waals surface area contributed by atoms with Crippen LogP contribution in [0.1, 0.15) is 39.5 Å². The van der Waals surface area contributed by atoms with Gasteiger partial charge in [0.15, 0.2) is 0 Å². The molecule has 84 valence electrons. The van der Waals surface area contributed by atoms with E-state index >= 15 is 0 Å². The maximum absolute atomic E-state index is 3.44. The van der Waals surface area contributed by atoms with Crippen molar-refractivity contribution in [1.29, 1.82) is 0 Å². The van der Waals surface area contributed by atoms with Crippen LogP contribution in [0, 0.1) is 5.92 Å². The third-order valence-corrected chi connectivity index (χ3v) is 3.10. The highest BCUT2D eigenvalue weighted by molar-refractivity contribution is 4.72. The second-order valence-corrected chi connectivity index (χ2v) is 4.49. The lowest BCUT2D eigenvalue weighted by Gasteiger charge is -2.22. The molecule has 0 saturated carbocycles. The molecule has 0 amide bonds. The molecule has 0 bridgehead atoms. The Labute approximate surface area is 89.1 Å². The zero-order chi connectivity index (χ0) is 10.2. The Kier molecular flexibility index (Phi) is 6.20.